The Morgan fingerprint density at radius 2 is 2.33 bits per heavy atom. The van der Waals surface area contributed by atoms with Crippen molar-refractivity contribution in [1.29, 1.82) is 5.26 Å². The van der Waals surface area contributed by atoms with E-state index in [0.717, 1.165) is 5.56 Å². The maximum Gasteiger partial charge on any atom is 0.141 e. The van der Waals surface area contributed by atoms with Crippen molar-refractivity contribution in [2.75, 3.05) is 0 Å². The molecule has 15 heavy (non-hydrogen) atoms. The molecule has 0 atom stereocenters. The predicted octanol–water partition coefficient (Wildman–Crippen LogP) is 1.94. The van der Waals surface area contributed by atoms with Crippen LogP contribution >= 0.6 is 0 Å². The Morgan fingerprint density at radius 1 is 1.47 bits per heavy atom. The first-order chi connectivity index (χ1) is 7.29. The second-order valence-electron chi connectivity index (χ2n) is 3.13. The van der Waals surface area contributed by atoms with E-state index < -0.39 is 5.82 Å². The topological polar surface area (TPSA) is 41.6 Å². The van der Waals surface area contributed by atoms with Crippen LogP contribution in [0.2, 0.25) is 0 Å². The lowest BCUT2D eigenvalue weighted by molar-refractivity contribution is 0.615. The van der Waals surface area contributed by atoms with Gasteiger partial charge in [0.15, 0.2) is 0 Å². The highest BCUT2D eigenvalue weighted by Crippen LogP contribution is 2.10. The summed E-state index contributed by atoms with van der Waals surface area (Å²) in [6.07, 6.45) is 3.47. The number of halogens is 1. The average Bonchev–Trinajstić information content (AvgIpc) is 2.71. The third-order valence-corrected chi connectivity index (χ3v) is 2.06. The standard InChI is InChI=1S/C11H8FN3/c12-11-6-9(2-3-10(11)7-13)8-15-5-1-4-14-15/h1-6H,8H2. The zero-order valence-electron chi connectivity index (χ0n) is 7.89. The highest BCUT2D eigenvalue weighted by Gasteiger charge is 2.02. The fourth-order valence-corrected chi connectivity index (χ4v) is 1.33. The van der Waals surface area contributed by atoms with E-state index in [0.29, 0.717) is 6.54 Å². The van der Waals surface area contributed by atoms with Crippen LogP contribution in [0.4, 0.5) is 4.39 Å². The summed E-state index contributed by atoms with van der Waals surface area (Å²) in [5.41, 5.74) is 0.856. The molecule has 0 fully saturated rings. The minimum atomic E-state index is -0.484. The second kappa shape index (κ2) is 3.93. The maximum absolute atomic E-state index is 13.2. The first-order valence-corrected chi connectivity index (χ1v) is 4.45. The van der Waals surface area contributed by atoms with Crippen LogP contribution in [0.1, 0.15) is 11.1 Å². The highest BCUT2D eigenvalue weighted by molar-refractivity contribution is 5.33. The van der Waals surface area contributed by atoms with Crippen LogP contribution in [-0.2, 0) is 6.54 Å². The molecule has 0 unspecified atom stereocenters. The van der Waals surface area contributed by atoms with Gasteiger partial charge >= 0.3 is 0 Å². The van der Waals surface area contributed by atoms with E-state index in [1.165, 1.54) is 12.1 Å². The zero-order valence-corrected chi connectivity index (χ0v) is 7.89. The Morgan fingerprint density at radius 3 is 2.93 bits per heavy atom. The van der Waals surface area contributed by atoms with Crippen molar-refractivity contribution in [2.45, 2.75) is 6.54 Å². The summed E-state index contributed by atoms with van der Waals surface area (Å²) in [6, 6.07) is 8.16. The number of hydrogen-bond donors (Lipinski definition) is 0. The van der Waals surface area contributed by atoms with E-state index in [4.69, 9.17) is 5.26 Å². The summed E-state index contributed by atoms with van der Waals surface area (Å²) in [4.78, 5) is 0. The van der Waals surface area contributed by atoms with Gasteiger partial charge in [0, 0.05) is 12.4 Å². The van der Waals surface area contributed by atoms with Gasteiger partial charge in [-0.1, -0.05) is 6.07 Å². The van der Waals surface area contributed by atoms with Crippen LogP contribution in [0.15, 0.2) is 36.7 Å². The van der Waals surface area contributed by atoms with Crippen molar-refractivity contribution in [1.82, 2.24) is 9.78 Å². The largest absolute Gasteiger partial charge is 0.268 e. The van der Waals surface area contributed by atoms with E-state index in [1.54, 1.807) is 35.3 Å². The van der Waals surface area contributed by atoms with Crippen molar-refractivity contribution in [3.63, 3.8) is 0 Å². The minimum Gasteiger partial charge on any atom is -0.268 e. The molecule has 4 heteroatoms. The summed E-state index contributed by atoms with van der Waals surface area (Å²) in [5, 5.41) is 12.6. The Bertz CT molecular complexity index is 497. The van der Waals surface area contributed by atoms with Crippen molar-refractivity contribution in [2.24, 2.45) is 0 Å². The molecule has 1 aromatic heterocycles. The third kappa shape index (κ3) is 2.02. The van der Waals surface area contributed by atoms with Crippen molar-refractivity contribution in [3.05, 3.63) is 53.6 Å². The minimum absolute atomic E-state index is 0.0687. The highest BCUT2D eigenvalue weighted by atomic mass is 19.1. The van der Waals surface area contributed by atoms with Crippen molar-refractivity contribution < 1.29 is 4.39 Å². The lowest BCUT2D eigenvalue weighted by Crippen LogP contribution is -2.00. The maximum atomic E-state index is 13.2. The van der Waals surface area contributed by atoms with Crippen LogP contribution in [0.3, 0.4) is 0 Å². The quantitative estimate of drug-likeness (QED) is 0.745. The van der Waals surface area contributed by atoms with Crippen LogP contribution in [0.25, 0.3) is 0 Å². The molecule has 0 saturated heterocycles. The van der Waals surface area contributed by atoms with E-state index in [9.17, 15) is 4.39 Å². The van der Waals surface area contributed by atoms with E-state index in [-0.39, 0.29) is 5.56 Å². The van der Waals surface area contributed by atoms with Gasteiger partial charge in [0.1, 0.15) is 11.9 Å². The van der Waals surface area contributed by atoms with Gasteiger partial charge in [0.2, 0.25) is 0 Å². The molecule has 0 N–H and O–H groups in total. The van der Waals surface area contributed by atoms with Crippen LogP contribution < -0.4 is 0 Å². The molecule has 74 valence electrons. The molecule has 1 aromatic carbocycles. The lowest BCUT2D eigenvalue weighted by atomic mass is 10.1. The fraction of sp³-hybridized carbons (Fsp3) is 0.0909. The van der Waals surface area contributed by atoms with Crippen molar-refractivity contribution in [3.8, 4) is 6.07 Å². The Labute approximate surface area is 86.4 Å². The molecular weight excluding hydrogens is 193 g/mol. The van der Waals surface area contributed by atoms with E-state index in [1.807, 2.05) is 0 Å². The summed E-state index contributed by atoms with van der Waals surface area (Å²) in [5.74, 6) is -0.484. The molecule has 0 aliphatic rings. The summed E-state index contributed by atoms with van der Waals surface area (Å²) in [7, 11) is 0. The zero-order chi connectivity index (χ0) is 10.7. The van der Waals surface area contributed by atoms with Gasteiger partial charge in [0.05, 0.1) is 12.1 Å². The predicted molar refractivity (Wildman–Crippen MR) is 52.4 cm³/mol. The number of nitriles is 1. The molecule has 0 amide bonds. The number of benzene rings is 1. The fourth-order valence-electron chi connectivity index (χ4n) is 1.33. The Balaban J connectivity index is 2.24. The molecule has 3 nitrogen and oxygen atoms in total. The average molecular weight is 201 g/mol. The van der Waals surface area contributed by atoms with Gasteiger partial charge in [-0.05, 0) is 23.8 Å². The molecule has 0 saturated carbocycles. The van der Waals surface area contributed by atoms with Gasteiger partial charge in [-0.15, -0.1) is 0 Å². The first kappa shape index (κ1) is 9.41. The van der Waals surface area contributed by atoms with Gasteiger partial charge in [-0.25, -0.2) is 4.39 Å². The molecular formula is C11H8FN3. The van der Waals surface area contributed by atoms with Gasteiger partial charge in [0.25, 0.3) is 0 Å². The molecule has 1 heterocycles. The number of aromatic nitrogens is 2. The molecule has 2 aromatic rings. The Hall–Kier alpha value is -2.15. The van der Waals surface area contributed by atoms with Crippen molar-refractivity contribution >= 4 is 0 Å². The molecule has 0 bridgehead atoms. The summed E-state index contributed by atoms with van der Waals surface area (Å²) in [6.45, 7) is 0.510. The third-order valence-electron chi connectivity index (χ3n) is 2.06. The normalized spacial score (nSPS) is 9.87. The van der Waals surface area contributed by atoms with Gasteiger partial charge in [-0.2, -0.15) is 10.4 Å². The molecule has 0 radical (unpaired) electrons. The van der Waals surface area contributed by atoms with E-state index in [2.05, 4.69) is 5.10 Å². The number of nitrogens with zero attached hydrogens (tertiary/aromatic N) is 3. The lowest BCUT2D eigenvalue weighted by Gasteiger charge is -2.02. The van der Waals surface area contributed by atoms with Gasteiger partial charge in [-0.3, -0.25) is 4.68 Å². The molecule has 0 aliphatic heterocycles. The number of hydrogen-bond acceptors (Lipinski definition) is 2. The van der Waals surface area contributed by atoms with Crippen LogP contribution in [-0.4, -0.2) is 9.78 Å². The molecule has 2 rings (SSSR count). The molecule has 0 aliphatic carbocycles. The summed E-state index contributed by atoms with van der Waals surface area (Å²) >= 11 is 0. The smallest absolute Gasteiger partial charge is 0.141 e. The SMILES string of the molecule is N#Cc1ccc(Cn2cccn2)cc1F. The molecule has 0 spiro atoms. The Kier molecular flexibility index (Phi) is 2.46. The van der Waals surface area contributed by atoms with E-state index >= 15 is 0 Å². The number of rotatable bonds is 2. The monoisotopic (exact) mass is 201 g/mol. The summed E-state index contributed by atoms with van der Waals surface area (Å²) < 4.78 is 14.9. The first-order valence-electron chi connectivity index (χ1n) is 4.45. The van der Waals surface area contributed by atoms with Crippen LogP contribution in [0, 0.1) is 17.1 Å². The second-order valence-corrected chi connectivity index (χ2v) is 3.13. The van der Waals surface area contributed by atoms with Gasteiger partial charge < -0.3 is 0 Å². The van der Waals surface area contributed by atoms with Crippen LogP contribution in [0.5, 0.6) is 0 Å².